The van der Waals surface area contributed by atoms with Crippen molar-refractivity contribution in [3.8, 4) is 0 Å². The number of nitrogens with zero attached hydrogens (tertiary/aromatic N) is 4. The van der Waals surface area contributed by atoms with Crippen LogP contribution >= 0.6 is 0 Å². The molecule has 8 heteroatoms. The quantitative estimate of drug-likeness (QED) is 0.631. The second-order valence-corrected chi connectivity index (χ2v) is 4.29. The van der Waals surface area contributed by atoms with Crippen LogP contribution in [0.3, 0.4) is 0 Å². The second kappa shape index (κ2) is 9.70. The van der Waals surface area contributed by atoms with Crippen molar-refractivity contribution in [1.82, 2.24) is 10.2 Å². The molecule has 1 aromatic rings. The van der Waals surface area contributed by atoms with E-state index in [1.807, 2.05) is 12.2 Å². The van der Waals surface area contributed by atoms with E-state index in [1.165, 1.54) is 0 Å². The van der Waals surface area contributed by atoms with E-state index < -0.39 is 0 Å². The molecule has 6 nitrogen and oxygen atoms in total. The Kier molecular flexibility index (Phi) is 9.61. The average molecular weight is 462 g/mol. The van der Waals surface area contributed by atoms with Gasteiger partial charge in [0, 0.05) is 5.92 Å². The molecule has 20 heavy (non-hydrogen) atoms. The first-order valence-electron chi connectivity index (χ1n) is 5.93. The van der Waals surface area contributed by atoms with Gasteiger partial charge in [0.05, 0.1) is 0 Å². The third kappa shape index (κ3) is 4.68. The van der Waals surface area contributed by atoms with Crippen molar-refractivity contribution >= 4 is 5.57 Å². The van der Waals surface area contributed by atoms with Crippen LogP contribution in [-0.2, 0) is 44.8 Å². The first kappa shape index (κ1) is 19.8. The van der Waals surface area contributed by atoms with Gasteiger partial charge in [-0.1, -0.05) is 25.1 Å². The molecule has 3 rings (SSSR count). The summed E-state index contributed by atoms with van der Waals surface area (Å²) in [6.45, 7) is 2.39. The van der Waals surface area contributed by atoms with Crippen LogP contribution in [-0.4, -0.2) is 29.8 Å². The van der Waals surface area contributed by atoms with Gasteiger partial charge in [0.15, 0.2) is 0 Å². The van der Waals surface area contributed by atoms with Crippen LogP contribution in [0.4, 0.5) is 0 Å². The van der Waals surface area contributed by atoms with Crippen molar-refractivity contribution in [1.29, 1.82) is 0 Å². The summed E-state index contributed by atoms with van der Waals surface area (Å²) in [7, 11) is 0. The Bertz CT molecular complexity index is 454. The van der Waals surface area contributed by atoms with Crippen LogP contribution in [0.2, 0.25) is 0 Å². The largest absolute Gasteiger partial charge is 1.00 e. The van der Waals surface area contributed by atoms with Crippen molar-refractivity contribution in [2.75, 3.05) is 19.6 Å². The first-order chi connectivity index (χ1) is 8.43. The SMILES string of the molecule is C1=C[N-]CC(c2nnc(C3CCC[N-]C3)o2)=C1.[Ag+].[Ag+].[NH2-]. The van der Waals surface area contributed by atoms with Gasteiger partial charge in [-0.3, -0.25) is 0 Å². The second-order valence-electron chi connectivity index (χ2n) is 4.29. The van der Waals surface area contributed by atoms with Crippen LogP contribution in [0.1, 0.15) is 30.5 Å². The molecule has 0 amide bonds. The van der Waals surface area contributed by atoms with Gasteiger partial charge in [-0.2, -0.15) is 6.20 Å². The summed E-state index contributed by atoms with van der Waals surface area (Å²) in [6, 6.07) is 0. The van der Waals surface area contributed by atoms with E-state index in [4.69, 9.17) is 4.42 Å². The van der Waals surface area contributed by atoms with Gasteiger partial charge in [-0.25, -0.2) is 0 Å². The van der Waals surface area contributed by atoms with Gasteiger partial charge < -0.3 is 21.2 Å². The molecule has 118 valence electrons. The summed E-state index contributed by atoms with van der Waals surface area (Å²) in [6.07, 6.45) is 7.84. The van der Waals surface area contributed by atoms with Gasteiger partial charge in [0.1, 0.15) is 0 Å². The molecule has 1 aromatic heterocycles. The van der Waals surface area contributed by atoms with Gasteiger partial charge in [0.25, 0.3) is 0 Å². The zero-order valence-electron chi connectivity index (χ0n) is 10.7. The zero-order valence-corrected chi connectivity index (χ0v) is 13.7. The summed E-state index contributed by atoms with van der Waals surface area (Å²) in [4.78, 5) is 0. The smallest absolute Gasteiger partial charge is 0.693 e. The molecule has 0 bridgehead atoms. The summed E-state index contributed by atoms with van der Waals surface area (Å²) in [5.74, 6) is 1.62. The Morgan fingerprint density at radius 3 is 2.75 bits per heavy atom. The molecule has 0 spiro atoms. The average Bonchev–Trinajstić information content (AvgIpc) is 2.90. The van der Waals surface area contributed by atoms with Crippen LogP contribution in [0, 0.1) is 0 Å². The molecule has 0 saturated carbocycles. The minimum atomic E-state index is 0. The number of hydrogen-bond donors (Lipinski definition) is 0. The van der Waals surface area contributed by atoms with Crippen LogP contribution in [0.15, 0.2) is 22.8 Å². The van der Waals surface area contributed by atoms with Crippen molar-refractivity contribution in [3.63, 3.8) is 0 Å². The van der Waals surface area contributed by atoms with Gasteiger partial charge in [-0.05, 0) is 12.0 Å². The monoisotopic (exact) mass is 460 g/mol. The van der Waals surface area contributed by atoms with Gasteiger partial charge in [0.2, 0.25) is 11.8 Å². The zero-order chi connectivity index (χ0) is 11.5. The molecule has 1 fully saturated rings. The Morgan fingerprint density at radius 2 is 2.10 bits per heavy atom. The third-order valence-electron chi connectivity index (χ3n) is 3.03. The molecule has 0 aromatic carbocycles. The van der Waals surface area contributed by atoms with Gasteiger partial charge >= 0.3 is 44.8 Å². The molecule has 1 unspecified atom stereocenters. The summed E-state index contributed by atoms with van der Waals surface area (Å²) >= 11 is 0. The van der Waals surface area contributed by atoms with E-state index in [-0.39, 0.29) is 50.9 Å². The van der Waals surface area contributed by atoms with Crippen molar-refractivity contribution in [2.45, 2.75) is 18.8 Å². The van der Waals surface area contributed by atoms with E-state index in [9.17, 15) is 0 Å². The predicted octanol–water partition coefficient (Wildman–Crippen LogP) is 3.32. The molecule has 0 aliphatic carbocycles. The van der Waals surface area contributed by atoms with Crippen LogP contribution < -0.4 is 0 Å². The predicted molar refractivity (Wildman–Crippen MR) is 70.0 cm³/mol. The van der Waals surface area contributed by atoms with E-state index >= 15 is 0 Å². The van der Waals surface area contributed by atoms with E-state index in [0.717, 1.165) is 37.4 Å². The fourth-order valence-corrected chi connectivity index (χ4v) is 2.08. The normalized spacial score (nSPS) is 20.6. The Balaban J connectivity index is 0.00000120. The maximum atomic E-state index is 5.72. The fourth-order valence-electron chi connectivity index (χ4n) is 2.08. The summed E-state index contributed by atoms with van der Waals surface area (Å²) in [5, 5.41) is 16.8. The summed E-state index contributed by atoms with van der Waals surface area (Å²) < 4.78 is 5.72. The van der Waals surface area contributed by atoms with Gasteiger partial charge in [-0.15, -0.1) is 23.3 Å². The topological polar surface area (TPSA) is 101 Å². The molecular formula is C12H16Ag2N5O-. The molecular weight excluding hydrogens is 446 g/mol. The van der Waals surface area contributed by atoms with E-state index in [1.54, 1.807) is 6.20 Å². The molecule has 2 N–H and O–H groups in total. The number of rotatable bonds is 2. The molecule has 2 aliphatic rings. The standard InChI is InChI=1S/C12H14N4O.2Ag.H2N/c1-3-9(7-13-5-1)11-15-16-12(17-11)10-4-2-6-14-8-10;;;/h1,3,5,10H,2,4,6-8H2;;;1H2/q-2;2*+1;-1. The Morgan fingerprint density at radius 1 is 1.25 bits per heavy atom. The molecule has 2 aliphatic heterocycles. The van der Waals surface area contributed by atoms with Crippen LogP contribution in [0.5, 0.6) is 0 Å². The van der Waals surface area contributed by atoms with Crippen molar-refractivity contribution < 1.29 is 49.2 Å². The van der Waals surface area contributed by atoms with Crippen LogP contribution in [0.25, 0.3) is 22.4 Å². The molecule has 3 heterocycles. The molecule has 1 saturated heterocycles. The number of allylic oxidation sites excluding steroid dienone is 2. The third-order valence-corrected chi connectivity index (χ3v) is 3.03. The Hall–Kier alpha value is -0.179. The maximum absolute atomic E-state index is 5.72. The van der Waals surface area contributed by atoms with E-state index in [0.29, 0.717) is 18.4 Å². The number of hydrogen-bond acceptors (Lipinski definition) is 3. The molecule has 0 radical (unpaired) electrons. The first-order valence-corrected chi connectivity index (χ1v) is 5.93. The summed E-state index contributed by atoms with van der Waals surface area (Å²) in [5.41, 5.74) is 0.985. The van der Waals surface area contributed by atoms with Crippen molar-refractivity contribution in [3.05, 3.63) is 46.9 Å². The maximum Gasteiger partial charge on any atom is 1.00 e. The molecule has 1 atom stereocenters. The minimum absolute atomic E-state index is 0. The number of piperidine rings is 1. The number of nitrogens with two attached hydrogens (primary N) is 1. The van der Waals surface area contributed by atoms with E-state index in [2.05, 4.69) is 20.8 Å². The van der Waals surface area contributed by atoms with Crippen molar-refractivity contribution in [2.24, 2.45) is 0 Å². The minimum Gasteiger partial charge on any atom is -0.693 e. The Labute approximate surface area is 149 Å². The number of aromatic nitrogens is 2. The fraction of sp³-hybridized carbons (Fsp3) is 0.500.